The van der Waals surface area contributed by atoms with Crippen LogP contribution in [0.25, 0.3) is 0 Å². The van der Waals surface area contributed by atoms with E-state index in [-0.39, 0.29) is 0 Å². The Labute approximate surface area is 103 Å². The second-order valence-electron chi connectivity index (χ2n) is 3.34. The van der Waals surface area contributed by atoms with Crippen molar-refractivity contribution >= 4 is 31.9 Å². The Morgan fingerprint density at radius 2 is 2.07 bits per heavy atom. The van der Waals surface area contributed by atoms with Crippen LogP contribution >= 0.6 is 31.9 Å². The first kappa shape index (κ1) is 12.2. The fourth-order valence-electron chi connectivity index (χ4n) is 1.32. The summed E-state index contributed by atoms with van der Waals surface area (Å²) in [5, 5.41) is 3.47. The van der Waals surface area contributed by atoms with Gasteiger partial charge >= 0.3 is 0 Å². The van der Waals surface area contributed by atoms with Crippen LogP contribution in [0, 0.1) is 0 Å². The SMILES string of the molecule is CCCNC(C)c1cc(Br)ccc1Br. The molecule has 1 nitrogen and oxygen atoms in total. The number of rotatable bonds is 4. The topological polar surface area (TPSA) is 12.0 Å². The quantitative estimate of drug-likeness (QED) is 0.873. The van der Waals surface area contributed by atoms with Gasteiger partial charge in [0, 0.05) is 15.0 Å². The van der Waals surface area contributed by atoms with Crippen LogP contribution in [0.3, 0.4) is 0 Å². The van der Waals surface area contributed by atoms with Crippen LogP contribution in [0.2, 0.25) is 0 Å². The van der Waals surface area contributed by atoms with Crippen molar-refractivity contribution in [2.24, 2.45) is 0 Å². The molecule has 0 radical (unpaired) electrons. The lowest BCUT2D eigenvalue weighted by atomic mass is 10.1. The molecule has 0 spiro atoms. The van der Waals surface area contributed by atoms with Gasteiger partial charge in [-0.25, -0.2) is 0 Å². The van der Waals surface area contributed by atoms with Crippen LogP contribution in [0.15, 0.2) is 27.1 Å². The summed E-state index contributed by atoms with van der Waals surface area (Å²) in [4.78, 5) is 0. The smallest absolute Gasteiger partial charge is 0.0303 e. The Balaban J connectivity index is 2.77. The molecule has 1 aromatic rings. The minimum atomic E-state index is 0.391. The van der Waals surface area contributed by atoms with Gasteiger partial charge in [-0.2, -0.15) is 0 Å². The van der Waals surface area contributed by atoms with Crippen LogP contribution < -0.4 is 5.32 Å². The maximum absolute atomic E-state index is 3.56. The number of benzene rings is 1. The summed E-state index contributed by atoms with van der Waals surface area (Å²) < 4.78 is 2.29. The molecule has 1 unspecified atom stereocenters. The Morgan fingerprint density at radius 1 is 1.36 bits per heavy atom. The summed E-state index contributed by atoms with van der Waals surface area (Å²) in [7, 11) is 0. The molecule has 0 aromatic heterocycles. The molecule has 0 aliphatic rings. The molecule has 78 valence electrons. The highest BCUT2D eigenvalue weighted by Gasteiger charge is 2.08. The Hall–Kier alpha value is 0.140. The first-order chi connectivity index (χ1) is 6.65. The molecule has 0 aliphatic carbocycles. The van der Waals surface area contributed by atoms with Crippen molar-refractivity contribution in [3.8, 4) is 0 Å². The molecule has 0 saturated heterocycles. The van der Waals surface area contributed by atoms with E-state index in [0.717, 1.165) is 21.9 Å². The molecule has 1 N–H and O–H groups in total. The molecule has 0 bridgehead atoms. The van der Waals surface area contributed by atoms with Gasteiger partial charge in [0.05, 0.1) is 0 Å². The third kappa shape index (κ3) is 3.37. The van der Waals surface area contributed by atoms with Gasteiger partial charge in [-0.1, -0.05) is 38.8 Å². The standard InChI is InChI=1S/C11H15Br2N/c1-3-6-14-8(2)10-7-9(12)4-5-11(10)13/h4-5,7-8,14H,3,6H2,1-2H3. The van der Waals surface area contributed by atoms with E-state index in [1.807, 2.05) is 6.07 Å². The fraction of sp³-hybridized carbons (Fsp3) is 0.455. The van der Waals surface area contributed by atoms with Crippen LogP contribution in [0.4, 0.5) is 0 Å². The highest BCUT2D eigenvalue weighted by atomic mass is 79.9. The van der Waals surface area contributed by atoms with Crippen molar-refractivity contribution in [2.75, 3.05) is 6.54 Å². The van der Waals surface area contributed by atoms with Crippen LogP contribution in [-0.4, -0.2) is 6.54 Å². The largest absolute Gasteiger partial charge is 0.310 e. The molecule has 0 saturated carbocycles. The predicted molar refractivity (Wildman–Crippen MR) is 68.6 cm³/mol. The van der Waals surface area contributed by atoms with Crippen molar-refractivity contribution in [1.82, 2.24) is 5.32 Å². The first-order valence-corrected chi connectivity index (χ1v) is 6.42. The second-order valence-corrected chi connectivity index (χ2v) is 5.11. The monoisotopic (exact) mass is 319 g/mol. The van der Waals surface area contributed by atoms with Crippen molar-refractivity contribution in [2.45, 2.75) is 26.3 Å². The van der Waals surface area contributed by atoms with E-state index < -0.39 is 0 Å². The second kappa shape index (κ2) is 5.89. The Morgan fingerprint density at radius 3 is 2.71 bits per heavy atom. The molecule has 0 heterocycles. The number of hydrogen-bond donors (Lipinski definition) is 1. The van der Waals surface area contributed by atoms with E-state index in [0.29, 0.717) is 6.04 Å². The highest BCUT2D eigenvalue weighted by molar-refractivity contribution is 9.11. The Bertz CT molecular complexity index is 299. The van der Waals surface area contributed by atoms with Crippen LogP contribution in [0.1, 0.15) is 31.9 Å². The molecular weight excluding hydrogens is 306 g/mol. The lowest BCUT2D eigenvalue weighted by Crippen LogP contribution is -2.19. The average molecular weight is 321 g/mol. The van der Waals surface area contributed by atoms with Gasteiger partial charge in [0.25, 0.3) is 0 Å². The maximum atomic E-state index is 3.56. The highest BCUT2D eigenvalue weighted by Crippen LogP contribution is 2.26. The van der Waals surface area contributed by atoms with E-state index in [1.54, 1.807) is 0 Å². The fourth-order valence-corrected chi connectivity index (χ4v) is 2.29. The third-order valence-electron chi connectivity index (χ3n) is 2.13. The van der Waals surface area contributed by atoms with Crippen molar-refractivity contribution in [3.63, 3.8) is 0 Å². The predicted octanol–water partition coefficient (Wildman–Crippen LogP) is 4.27. The zero-order valence-electron chi connectivity index (χ0n) is 8.48. The summed E-state index contributed by atoms with van der Waals surface area (Å²) in [6.45, 7) is 5.41. The molecule has 14 heavy (non-hydrogen) atoms. The van der Waals surface area contributed by atoms with Gasteiger partial charge < -0.3 is 5.32 Å². The average Bonchev–Trinajstić information content (AvgIpc) is 2.18. The number of nitrogens with one attached hydrogen (secondary N) is 1. The minimum Gasteiger partial charge on any atom is -0.310 e. The molecule has 3 heteroatoms. The van der Waals surface area contributed by atoms with Crippen LogP contribution in [-0.2, 0) is 0 Å². The van der Waals surface area contributed by atoms with E-state index >= 15 is 0 Å². The summed E-state index contributed by atoms with van der Waals surface area (Å²) in [6.07, 6.45) is 1.16. The van der Waals surface area contributed by atoms with E-state index in [2.05, 4.69) is 63.2 Å². The maximum Gasteiger partial charge on any atom is 0.0303 e. The zero-order valence-corrected chi connectivity index (χ0v) is 11.7. The summed E-state index contributed by atoms with van der Waals surface area (Å²) in [5.41, 5.74) is 1.30. The van der Waals surface area contributed by atoms with E-state index in [1.165, 1.54) is 5.56 Å². The third-order valence-corrected chi connectivity index (χ3v) is 3.34. The lowest BCUT2D eigenvalue weighted by molar-refractivity contribution is 0.569. The van der Waals surface area contributed by atoms with Gasteiger partial charge in [0.15, 0.2) is 0 Å². The molecule has 0 aliphatic heterocycles. The summed E-state index contributed by atoms with van der Waals surface area (Å²) >= 11 is 7.05. The van der Waals surface area contributed by atoms with Crippen molar-refractivity contribution in [1.29, 1.82) is 0 Å². The van der Waals surface area contributed by atoms with Gasteiger partial charge in [-0.3, -0.25) is 0 Å². The van der Waals surface area contributed by atoms with Crippen molar-refractivity contribution < 1.29 is 0 Å². The lowest BCUT2D eigenvalue weighted by Gasteiger charge is -2.15. The Kier molecular flexibility index (Phi) is 5.13. The molecule has 0 fully saturated rings. The molecule has 0 amide bonds. The summed E-state index contributed by atoms with van der Waals surface area (Å²) in [5.74, 6) is 0. The van der Waals surface area contributed by atoms with Gasteiger partial charge in [0.1, 0.15) is 0 Å². The number of hydrogen-bond acceptors (Lipinski definition) is 1. The number of halogens is 2. The van der Waals surface area contributed by atoms with E-state index in [9.17, 15) is 0 Å². The normalized spacial score (nSPS) is 12.9. The van der Waals surface area contributed by atoms with Crippen molar-refractivity contribution in [3.05, 3.63) is 32.7 Å². The molecular formula is C11H15Br2N. The first-order valence-electron chi connectivity index (χ1n) is 4.83. The molecule has 1 aromatic carbocycles. The zero-order chi connectivity index (χ0) is 10.6. The summed E-state index contributed by atoms with van der Waals surface area (Å²) in [6, 6.07) is 6.66. The van der Waals surface area contributed by atoms with Gasteiger partial charge in [-0.15, -0.1) is 0 Å². The minimum absolute atomic E-state index is 0.391. The molecule has 1 atom stereocenters. The van der Waals surface area contributed by atoms with Gasteiger partial charge in [0.2, 0.25) is 0 Å². The van der Waals surface area contributed by atoms with Crippen LogP contribution in [0.5, 0.6) is 0 Å². The van der Waals surface area contributed by atoms with E-state index in [4.69, 9.17) is 0 Å². The van der Waals surface area contributed by atoms with Gasteiger partial charge in [-0.05, 0) is 43.7 Å². The molecule has 1 rings (SSSR count).